The third-order valence-corrected chi connectivity index (χ3v) is 11.1. The van der Waals surface area contributed by atoms with E-state index in [4.69, 9.17) is 16.3 Å². The number of nitrogens with zero attached hydrogens (tertiary/aromatic N) is 3. The van der Waals surface area contributed by atoms with Crippen LogP contribution in [0, 0.1) is 11.8 Å². The number of hydrogen-bond donors (Lipinski definition) is 5. The predicted molar refractivity (Wildman–Crippen MR) is 164 cm³/mol. The fourth-order valence-corrected chi connectivity index (χ4v) is 8.50. The number of likely N-dealkylation sites (tertiary alicyclic amines) is 1. The van der Waals surface area contributed by atoms with Gasteiger partial charge in [-0.15, -0.1) is 11.6 Å². The molecule has 1 saturated carbocycles. The van der Waals surface area contributed by atoms with Gasteiger partial charge in [-0.25, -0.2) is 0 Å². The molecule has 1 aliphatic carbocycles. The van der Waals surface area contributed by atoms with E-state index >= 15 is 0 Å². The van der Waals surface area contributed by atoms with Gasteiger partial charge in [-0.1, -0.05) is 6.92 Å². The van der Waals surface area contributed by atoms with Crippen LogP contribution in [0.2, 0.25) is 0 Å². The van der Waals surface area contributed by atoms with Gasteiger partial charge < -0.3 is 25.4 Å². The number of piperazine rings is 2. The van der Waals surface area contributed by atoms with Crippen LogP contribution in [0.15, 0.2) is 0 Å². The summed E-state index contributed by atoms with van der Waals surface area (Å²) in [4.78, 5) is 46.9. The Balaban J connectivity index is 1.27. The van der Waals surface area contributed by atoms with Gasteiger partial charge in [0, 0.05) is 58.0 Å². The highest BCUT2D eigenvalue weighted by atomic mass is 35.5. The van der Waals surface area contributed by atoms with E-state index < -0.39 is 60.0 Å². The van der Waals surface area contributed by atoms with Crippen LogP contribution < -0.4 is 21.3 Å². The first kappa shape index (κ1) is 35.7. The molecule has 12 nitrogen and oxygen atoms in total. The van der Waals surface area contributed by atoms with Gasteiger partial charge in [-0.2, -0.15) is 13.2 Å². The number of carbonyl (C=O) groups excluding carboxylic acids is 3. The lowest BCUT2D eigenvalue weighted by Crippen LogP contribution is -2.79. The minimum absolute atomic E-state index is 0.0327. The van der Waals surface area contributed by atoms with E-state index in [9.17, 15) is 32.7 Å². The van der Waals surface area contributed by atoms with Gasteiger partial charge in [-0.05, 0) is 45.6 Å². The molecule has 11 unspecified atom stereocenters. The van der Waals surface area contributed by atoms with Crippen LogP contribution in [0.4, 0.5) is 13.2 Å². The number of ketones is 1. The van der Waals surface area contributed by atoms with Gasteiger partial charge in [-0.3, -0.25) is 34.8 Å². The van der Waals surface area contributed by atoms with E-state index in [1.165, 1.54) is 7.11 Å². The van der Waals surface area contributed by atoms with Crippen LogP contribution in [0.1, 0.15) is 46.0 Å². The summed E-state index contributed by atoms with van der Waals surface area (Å²) in [6.45, 7) is 6.73. The Kier molecular flexibility index (Phi) is 11.6. The van der Waals surface area contributed by atoms with Gasteiger partial charge in [0.2, 0.25) is 11.8 Å². The Morgan fingerprint density at radius 1 is 1.13 bits per heavy atom. The second kappa shape index (κ2) is 14.9. The zero-order valence-electron chi connectivity index (χ0n) is 26.8. The highest BCUT2D eigenvalue weighted by Crippen LogP contribution is 2.39. The number of aliphatic hydroxyl groups excluding tert-OH is 1. The monoisotopic (exact) mass is 679 g/mol. The van der Waals surface area contributed by atoms with Crippen molar-refractivity contribution in [2.75, 3.05) is 52.9 Å². The summed E-state index contributed by atoms with van der Waals surface area (Å²) in [6, 6.07) is -1.94. The molecule has 0 bridgehead atoms. The molecule has 262 valence electrons. The number of methoxy groups -OCH3 is 1. The van der Waals surface area contributed by atoms with Gasteiger partial charge in [0.1, 0.15) is 12.1 Å². The van der Waals surface area contributed by atoms with E-state index in [0.717, 1.165) is 0 Å². The molecule has 4 aliphatic heterocycles. The van der Waals surface area contributed by atoms with Crippen LogP contribution in [0.3, 0.4) is 0 Å². The minimum atomic E-state index is -4.31. The van der Waals surface area contributed by atoms with Crippen molar-refractivity contribution in [3.8, 4) is 0 Å². The maximum atomic E-state index is 14.1. The fraction of sp³-hybridized carbons (Fsp3) is 0.900. The molecular formula is C30H49ClF3N7O5. The molecule has 5 rings (SSSR count). The Hall–Kier alpha value is -1.59. The van der Waals surface area contributed by atoms with E-state index in [2.05, 4.69) is 26.2 Å². The minimum Gasteiger partial charge on any atom is -0.392 e. The number of amides is 2. The Morgan fingerprint density at radius 3 is 2.48 bits per heavy atom. The van der Waals surface area contributed by atoms with Crippen molar-refractivity contribution < 1.29 is 37.4 Å². The van der Waals surface area contributed by atoms with Gasteiger partial charge in [0.25, 0.3) is 0 Å². The van der Waals surface area contributed by atoms with Crippen molar-refractivity contribution in [3.05, 3.63) is 0 Å². The third-order valence-electron chi connectivity index (χ3n) is 10.6. The zero-order chi connectivity index (χ0) is 33.3. The van der Waals surface area contributed by atoms with Crippen LogP contribution in [0.5, 0.6) is 0 Å². The standard InChI is InChI=1S/C30H49ClF3N7O5/c1-4-20-25(39-9-11-40(12-10-39)29(45)23-21(42)7-8-35-28(23)46-3)26(44)24-27(37-16(2)14-36-24)41(20)15-22(43)38-19-6-5-17(13-18(19)31)30(32,33)34/h16-21,23-25,27-28,35-37,42H,4-15H2,1-3H3,(H,38,43). The molecule has 11 atom stereocenters. The Bertz CT molecular complexity index is 1100. The highest BCUT2D eigenvalue weighted by Gasteiger charge is 2.53. The first-order chi connectivity index (χ1) is 21.8. The van der Waals surface area contributed by atoms with Crippen molar-refractivity contribution in [2.45, 2.75) is 106 Å². The zero-order valence-corrected chi connectivity index (χ0v) is 27.5. The molecule has 0 spiro atoms. The molecule has 4 heterocycles. The Morgan fingerprint density at radius 2 is 1.85 bits per heavy atom. The summed E-state index contributed by atoms with van der Waals surface area (Å²) in [6.07, 6.45) is -5.27. The smallest absolute Gasteiger partial charge is 0.391 e. The van der Waals surface area contributed by atoms with E-state index in [-0.39, 0.29) is 55.5 Å². The molecule has 2 amide bonds. The molecule has 46 heavy (non-hydrogen) atoms. The number of hydrogen-bond acceptors (Lipinski definition) is 10. The molecular weight excluding hydrogens is 631 g/mol. The SMILES string of the molecule is CCC1C(N2CCN(C(=O)C3C(O)CCNC3OC)CC2)C(=O)C2NCC(C)NC2N1CC(=O)NC1CCC(C(F)(F)F)CC1Cl. The summed E-state index contributed by atoms with van der Waals surface area (Å²) in [7, 11) is 1.51. The van der Waals surface area contributed by atoms with Crippen molar-refractivity contribution in [3.63, 3.8) is 0 Å². The molecule has 0 aromatic heterocycles. The summed E-state index contributed by atoms with van der Waals surface area (Å²) in [5.41, 5.74) is 0. The first-order valence-corrected chi connectivity index (χ1v) is 17.0. The fourth-order valence-electron chi connectivity index (χ4n) is 8.09. The largest absolute Gasteiger partial charge is 0.392 e. The molecule has 0 aromatic rings. The molecule has 5 aliphatic rings. The number of nitrogens with one attached hydrogen (secondary N) is 4. The van der Waals surface area contributed by atoms with E-state index in [1.54, 1.807) is 4.90 Å². The molecule has 5 fully saturated rings. The number of halogens is 4. The number of rotatable bonds is 7. The second-order valence-corrected chi connectivity index (χ2v) is 14.0. The average molecular weight is 680 g/mol. The summed E-state index contributed by atoms with van der Waals surface area (Å²) in [5, 5.41) is 22.7. The molecule has 16 heteroatoms. The van der Waals surface area contributed by atoms with Gasteiger partial charge in [0.05, 0.1) is 42.2 Å². The number of piperidine rings is 2. The normalized spacial score (nSPS) is 40.0. The lowest BCUT2D eigenvalue weighted by atomic mass is 9.84. The number of aliphatic hydroxyl groups is 1. The lowest BCUT2D eigenvalue weighted by molar-refractivity contribution is -0.182. The van der Waals surface area contributed by atoms with Gasteiger partial charge >= 0.3 is 6.18 Å². The van der Waals surface area contributed by atoms with Crippen molar-refractivity contribution >= 4 is 29.2 Å². The summed E-state index contributed by atoms with van der Waals surface area (Å²) < 4.78 is 45.2. The average Bonchev–Trinajstić information content (AvgIpc) is 3.02. The van der Waals surface area contributed by atoms with Gasteiger partial charge in [0.15, 0.2) is 5.78 Å². The number of Topliss-reactive ketones (excluding diaryl/α,β-unsaturated/α-hetero) is 1. The van der Waals surface area contributed by atoms with Crippen LogP contribution >= 0.6 is 11.6 Å². The van der Waals surface area contributed by atoms with Crippen molar-refractivity contribution in [1.82, 2.24) is 36.0 Å². The second-order valence-electron chi connectivity index (χ2n) is 13.5. The Labute approximate surface area is 273 Å². The number of fused-ring (bicyclic) bond motifs is 1. The maximum absolute atomic E-state index is 14.1. The summed E-state index contributed by atoms with van der Waals surface area (Å²) in [5.74, 6) is -2.67. The van der Waals surface area contributed by atoms with Crippen molar-refractivity contribution in [2.24, 2.45) is 11.8 Å². The molecule has 5 N–H and O–H groups in total. The number of ether oxygens (including phenoxy) is 1. The van der Waals surface area contributed by atoms with E-state index in [1.807, 2.05) is 18.7 Å². The maximum Gasteiger partial charge on any atom is 0.391 e. The highest BCUT2D eigenvalue weighted by molar-refractivity contribution is 6.21. The molecule has 0 aromatic carbocycles. The van der Waals surface area contributed by atoms with Crippen LogP contribution in [-0.4, -0.2) is 151 Å². The summed E-state index contributed by atoms with van der Waals surface area (Å²) >= 11 is 6.35. The quantitative estimate of drug-likeness (QED) is 0.231. The first-order valence-electron chi connectivity index (χ1n) is 16.6. The van der Waals surface area contributed by atoms with Crippen LogP contribution in [0.25, 0.3) is 0 Å². The topological polar surface area (TPSA) is 139 Å². The van der Waals surface area contributed by atoms with E-state index in [0.29, 0.717) is 52.1 Å². The third kappa shape index (κ3) is 7.51. The predicted octanol–water partition coefficient (Wildman–Crippen LogP) is -0.164. The van der Waals surface area contributed by atoms with Crippen LogP contribution in [-0.2, 0) is 19.1 Å². The molecule has 4 saturated heterocycles. The number of alkyl halides is 4. The number of carbonyl (C=O) groups is 3. The van der Waals surface area contributed by atoms with Crippen molar-refractivity contribution in [1.29, 1.82) is 0 Å². The lowest BCUT2D eigenvalue weighted by Gasteiger charge is -2.55. The molecule has 0 radical (unpaired) electrons.